The molecule has 0 saturated heterocycles. The second-order valence-corrected chi connectivity index (χ2v) is 3.98. The van der Waals surface area contributed by atoms with Crippen LogP contribution in [0.3, 0.4) is 0 Å². The van der Waals surface area contributed by atoms with Crippen molar-refractivity contribution in [1.29, 1.82) is 0 Å². The Morgan fingerprint density at radius 2 is 2.54 bits per heavy atom. The molecule has 70 valence electrons. The standard InChI is InChI=1S/C8H11N3OS/c1-2-7(12)11-8-10-5-3-9-4-6(5)13-8/h9H,2-4H2,1H3,(H,10,11,12). The van der Waals surface area contributed by atoms with Gasteiger partial charge in [-0.3, -0.25) is 4.79 Å². The molecule has 0 unspecified atom stereocenters. The van der Waals surface area contributed by atoms with E-state index in [1.807, 2.05) is 6.92 Å². The van der Waals surface area contributed by atoms with Crippen molar-refractivity contribution in [1.82, 2.24) is 10.3 Å². The van der Waals surface area contributed by atoms with Crippen molar-refractivity contribution in [3.8, 4) is 0 Å². The van der Waals surface area contributed by atoms with Crippen molar-refractivity contribution in [3.05, 3.63) is 10.6 Å². The van der Waals surface area contributed by atoms with Crippen LogP contribution in [0.25, 0.3) is 0 Å². The first kappa shape index (κ1) is 8.65. The van der Waals surface area contributed by atoms with Gasteiger partial charge < -0.3 is 10.6 Å². The molecular formula is C8H11N3OS. The van der Waals surface area contributed by atoms with Gasteiger partial charge in [0.15, 0.2) is 5.13 Å². The smallest absolute Gasteiger partial charge is 0.225 e. The number of nitrogens with zero attached hydrogens (tertiary/aromatic N) is 1. The van der Waals surface area contributed by atoms with Crippen molar-refractivity contribution >= 4 is 22.4 Å². The van der Waals surface area contributed by atoms with Gasteiger partial charge in [0.2, 0.25) is 5.91 Å². The van der Waals surface area contributed by atoms with E-state index in [2.05, 4.69) is 15.6 Å². The van der Waals surface area contributed by atoms with Gasteiger partial charge in [0.1, 0.15) is 0 Å². The van der Waals surface area contributed by atoms with Gasteiger partial charge in [0.25, 0.3) is 0 Å². The Hall–Kier alpha value is -0.940. The molecule has 13 heavy (non-hydrogen) atoms. The van der Waals surface area contributed by atoms with E-state index in [0.717, 1.165) is 23.9 Å². The first-order valence-electron chi connectivity index (χ1n) is 4.28. The van der Waals surface area contributed by atoms with E-state index in [1.165, 1.54) is 4.88 Å². The van der Waals surface area contributed by atoms with Gasteiger partial charge in [-0.05, 0) is 0 Å². The van der Waals surface area contributed by atoms with Crippen LogP contribution in [0.5, 0.6) is 0 Å². The zero-order valence-corrected chi connectivity index (χ0v) is 8.20. The van der Waals surface area contributed by atoms with Crippen LogP contribution >= 0.6 is 11.3 Å². The zero-order valence-electron chi connectivity index (χ0n) is 7.39. The Morgan fingerprint density at radius 3 is 3.23 bits per heavy atom. The molecule has 1 aromatic rings. The number of carbonyl (C=O) groups excluding carboxylic acids is 1. The number of hydrogen-bond acceptors (Lipinski definition) is 4. The highest BCUT2D eigenvalue weighted by Gasteiger charge is 2.16. The Morgan fingerprint density at radius 1 is 1.69 bits per heavy atom. The number of thiazole rings is 1. The molecular weight excluding hydrogens is 186 g/mol. The van der Waals surface area contributed by atoms with Crippen molar-refractivity contribution in [2.45, 2.75) is 26.4 Å². The molecule has 0 radical (unpaired) electrons. The minimum absolute atomic E-state index is 0.0281. The maximum atomic E-state index is 11.0. The molecule has 1 aromatic heterocycles. The lowest BCUT2D eigenvalue weighted by molar-refractivity contribution is -0.115. The van der Waals surface area contributed by atoms with Crippen LogP contribution in [0.15, 0.2) is 0 Å². The molecule has 0 aliphatic carbocycles. The van der Waals surface area contributed by atoms with Crippen LogP contribution in [0, 0.1) is 0 Å². The van der Waals surface area contributed by atoms with E-state index in [9.17, 15) is 4.79 Å². The number of aromatic nitrogens is 1. The molecule has 0 aromatic carbocycles. The van der Waals surface area contributed by atoms with Crippen LogP contribution < -0.4 is 10.6 Å². The highest BCUT2D eigenvalue weighted by Crippen LogP contribution is 2.26. The molecule has 0 saturated carbocycles. The molecule has 1 aliphatic heterocycles. The molecule has 2 heterocycles. The minimum Gasteiger partial charge on any atom is -0.306 e. The third kappa shape index (κ3) is 1.71. The summed E-state index contributed by atoms with van der Waals surface area (Å²) in [5.41, 5.74) is 1.08. The van der Waals surface area contributed by atoms with E-state index in [1.54, 1.807) is 11.3 Å². The quantitative estimate of drug-likeness (QED) is 0.746. The average molecular weight is 197 g/mol. The van der Waals surface area contributed by atoms with Crippen molar-refractivity contribution in [2.75, 3.05) is 5.32 Å². The summed E-state index contributed by atoms with van der Waals surface area (Å²) in [6.07, 6.45) is 0.502. The van der Waals surface area contributed by atoms with Crippen LogP contribution in [0.1, 0.15) is 23.9 Å². The Balaban J connectivity index is 2.10. The predicted molar refractivity (Wildman–Crippen MR) is 51.6 cm³/mol. The van der Waals surface area contributed by atoms with E-state index in [4.69, 9.17) is 0 Å². The summed E-state index contributed by atoms with van der Waals surface area (Å²) in [7, 11) is 0. The molecule has 0 bridgehead atoms. The summed E-state index contributed by atoms with van der Waals surface area (Å²) >= 11 is 1.56. The minimum atomic E-state index is 0.0281. The number of anilines is 1. The maximum Gasteiger partial charge on any atom is 0.225 e. The number of fused-ring (bicyclic) bond motifs is 1. The summed E-state index contributed by atoms with van der Waals surface area (Å²) in [6, 6.07) is 0. The summed E-state index contributed by atoms with van der Waals surface area (Å²) in [5, 5.41) is 6.69. The fourth-order valence-corrected chi connectivity index (χ4v) is 2.18. The topological polar surface area (TPSA) is 54.0 Å². The maximum absolute atomic E-state index is 11.0. The normalized spacial score (nSPS) is 14.2. The van der Waals surface area contributed by atoms with Gasteiger partial charge in [0, 0.05) is 24.4 Å². The van der Waals surface area contributed by atoms with E-state index in [-0.39, 0.29) is 5.91 Å². The highest BCUT2D eigenvalue weighted by atomic mass is 32.1. The first-order chi connectivity index (χ1) is 6.29. The van der Waals surface area contributed by atoms with Gasteiger partial charge in [-0.25, -0.2) is 4.98 Å². The van der Waals surface area contributed by atoms with Crippen molar-refractivity contribution in [3.63, 3.8) is 0 Å². The summed E-state index contributed by atoms with van der Waals surface area (Å²) < 4.78 is 0. The van der Waals surface area contributed by atoms with Crippen LogP contribution in [0.2, 0.25) is 0 Å². The Labute approximate surface area is 80.4 Å². The fraction of sp³-hybridized carbons (Fsp3) is 0.500. The Kier molecular flexibility index (Phi) is 2.28. The van der Waals surface area contributed by atoms with Crippen LogP contribution in [0.4, 0.5) is 5.13 Å². The third-order valence-electron chi connectivity index (χ3n) is 1.92. The lowest BCUT2D eigenvalue weighted by Crippen LogP contribution is -2.09. The summed E-state index contributed by atoms with van der Waals surface area (Å²) in [6.45, 7) is 3.54. The fourth-order valence-electron chi connectivity index (χ4n) is 1.22. The number of nitrogens with one attached hydrogen (secondary N) is 2. The molecule has 2 rings (SSSR count). The monoisotopic (exact) mass is 197 g/mol. The lowest BCUT2D eigenvalue weighted by atomic mass is 10.4. The number of rotatable bonds is 2. The van der Waals surface area contributed by atoms with Gasteiger partial charge in [0.05, 0.1) is 5.69 Å². The lowest BCUT2D eigenvalue weighted by Gasteiger charge is -1.96. The molecule has 0 spiro atoms. The second kappa shape index (κ2) is 3.43. The molecule has 2 N–H and O–H groups in total. The van der Waals surface area contributed by atoms with Gasteiger partial charge >= 0.3 is 0 Å². The number of hydrogen-bond donors (Lipinski definition) is 2. The number of amides is 1. The molecule has 1 amide bonds. The van der Waals surface area contributed by atoms with Crippen LogP contribution in [-0.2, 0) is 17.9 Å². The van der Waals surface area contributed by atoms with Crippen molar-refractivity contribution in [2.24, 2.45) is 0 Å². The molecule has 5 heteroatoms. The largest absolute Gasteiger partial charge is 0.306 e. The van der Waals surface area contributed by atoms with E-state index in [0.29, 0.717) is 6.42 Å². The first-order valence-corrected chi connectivity index (χ1v) is 5.10. The predicted octanol–water partition coefficient (Wildman–Crippen LogP) is 1.09. The highest BCUT2D eigenvalue weighted by molar-refractivity contribution is 7.15. The molecule has 0 atom stereocenters. The molecule has 0 fully saturated rings. The second-order valence-electron chi connectivity index (χ2n) is 2.89. The van der Waals surface area contributed by atoms with Gasteiger partial charge in [-0.1, -0.05) is 6.92 Å². The van der Waals surface area contributed by atoms with E-state index >= 15 is 0 Å². The van der Waals surface area contributed by atoms with Crippen molar-refractivity contribution < 1.29 is 4.79 Å². The SMILES string of the molecule is CCC(=O)Nc1nc2c(s1)CNC2. The third-order valence-corrected chi connectivity index (χ3v) is 2.94. The summed E-state index contributed by atoms with van der Waals surface area (Å²) in [5.74, 6) is 0.0281. The number of carbonyl (C=O) groups is 1. The molecule has 4 nitrogen and oxygen atoms in total. The zero-order chi connectivity index (χ0) is 9.26. The Bertz CT molecular complexity index is 313. The average Bonchev–Trinajstić information content (AvgIpc) is 2.63. The van der Waals surface area contributed by atoms with Gasteiger partial charge in [-0.2, -0.15) is 0 Å². The molecule has 1 aliphatic rings. The van der Waals surface area contributed by atoms with Crippen LogP contribution in [-0.4, -0.2) is 10.9 Å². The van der Waals surface area contributed by atoms with E-state index < -0.39 is 0 Å². The summed E-state index contributed by atoms with van der Waals surface area (Å²) in [4.78, 5) is 16.6. The van der Waals surface area contributed by atoms with Gasteiger partial charge in [-0.15, -0.1) is 11.3 Å².